The predicted molar refractivity (Wildman–Crippen MR) is 67.9 cm³/mol. The number of rotatable bonds is 10. The van der Waals surface area contributed by atoms with E-state index in [0.29, 0.717) is 12.1 Å². The summed E-state index contributed by atoms with van der Waals surface area (Å²) in [6.45, 7) is 7.88. The van der Waals surface area contributed by atoms with Crippen LogP contribution >= 0.6 is 0 Å². The van der Waals surface area contributed by atoms with E-state index < -0.39 is 0 Å². The van der Waals surface area contributed by atoms with Gasteiger partial charge in [-0.2, -0.15) is 0 Å². The van der Waals surface area contributed by atoms with Crippen LogP contribution in [0.4, 0.5) is 0 Å². The third kappa shape index (κ3) is 6.43. The lowest BCUT2D eigenvalue weighted by Gasteiger charge is -2.32. The number of nitrogens with zero attached hydrogens (tertiary/aromatic N) is 1. The molecule has 0 saturated heterocycles. The van der Waals surface area contributed by atoms with E-state index in [2.05, 4.69) is 31.1 Å². The summed E-state index contributed by atoms with van der Waals surface area (Å²) in [6, 6.07) is 0.815. The van der Waals surface area contributed by atoms with Gasteiger partial charge in [-0.3, -0.25) is 4.90 Å². The van der Waals surface area contributed by atoms with Gasteiger partial charge in [0.25, 0.3) is 0 Å². The first-order valence-corrected chi connectivity index (χ1v) is 6.07. The number of nitrogens with one attached hydrogen (secondary N) is 1. The van der Waals surface area contributed by atoms with Crippen LogP contribution in [-0.2, 0) is 9.47 Å². The van der Waals surface area contributed by atoms with Gasteiger partial charge in [-0.15, -0.1) is 0 Å². The Labute approximate surface area is 100 Å². The normalized spacial score (nSPS) is 15.4. The van der Waals surface area contributed by atoms with Gasteiger partial charge in [0.2, 0.25) is 0 Å². The molecule has 0 heterocycles. The molecule has 0 aromatic heterocycles. The van der Waals surface area contributed by atoms with Crippen molar-refractivity contribution < 1.29 is 9.47 Å². The molecule has 0 radical (unpaired) electrons. The number of hydrogen-bond acceptors (Lipinski definition) is 4. The molecule has 98 valence electrons. The molecule has 0 aliphatic heterocycles. The Morgan fingerprint density at radius 2 is 1.81 bits per heavy atom. The average Bonchev–Trinajstić information content (AvgIpc) is 2.27. The highest BCUT2D eigenvalue weighted by Crippen LogP contribution is 2.03. The largest absolute Gasteiger partial charge is 0.383 e. The highest BCUT2D eigenvalue weighted by Gasteiger charge is 2.19. The van der Waals surface area contributed by atoms with E-state index in [-0.39, 0.29) is 0 Å². The molecule has 0 aromatic carbocycles. The Morgan fingerprint density at radius 3 is 2.31 bits per heavy atom. The molecular weight excluding hydrogens is 204 g/mol. The van der Waals surface area contributed by atoms with Crippen molar-refractivity contribution >= 4 is 0 Å². The lowest BCUT2D eigenvalue weighted by atomic mass is 10.2. The molecule has 4 heteroatoms. The summed E-state index contributed by atoms with van der Waals surface area (Å²) in [4.78, 5) is 2.32. The van der Waals surface area contributed by atoms with Crippen LogP contribution in [0.1, 0.15) is 20.3 Å². The minimum atomic E-state index is 0.404. The molecule has 0 fully saturated rings. The van der Waals surface area contributed by atoms with Crippen LogP contribution in [-0.4, -0.2) is 64.6 Å². The minimum Gasteiger partial charge on any atom is -0.383 e. The zero-order valence-corrected chi connectivity index (χ0v) is 11.5. The first-order chi connectivity index (χ1) is 7.67. The second-order valence-corrected chi connectivity index (χ2v) is 4.28. The fraction of sp³-hybridized carbons (Fsp3) is 1.00. The van der Waals surface area contributed by atoms with Crippen molar-refractivity contribution in [1.82, 2.24) is 10.2 Å². The van der Waals surface area contributed by atoms with Gasteiger partial charge in [-0.1, -0.05) is 6.92 Å². The highest BCUT2D eigenvalue weighted by atomic mass is 16.5. The van der Waals surface area contributed by atoms with Crippen molar-refractivity contribution in [2.24, 2.45) is 0 Å². The van der Waals surface area contributed by atoms with Gasteiger partial charge in [-0.25, -0.2) is 0 Å². The van der Waals surface area contributed by atoms with Crippen LogP contribution in [0.2, 0.25) is 0 Å². The first-order valence-electron chi connectivity index (χ1n) is 6.07. The molecule has 4 nitrogen and oxygen atoms in total. The molecule has 1 N–H and O–H groups in total. The van der Waals surface area contributed by atoms with Gasteiger partial charge in [0.1, 0.15) is 0 Å². The minimum absolute atomic E-state index is 0.404. The van der Waals surface area contributed by atoms with Crippen LogP contribution in [0.3, 0.4) is 0 Å². The summed E-state index contributed by atoms with van der Waals surface area (Å²) in [5.74, 6) is 0. The van der Waals surface area contributed by atoms with E-state index in [4.69, 9.17) is 9.47 Å². The van der Waals surface area contributed by atoms with Gasteiger partial charge in [0.15, 0.2) is 0 Å². The molecule has 0 aliphatic rings. The van der Waals surface area contributed by atoms with Crippen molar-refractivity contribution in [3.8, 4) is 0 Å². The summed E-state index contributed by atoms with van der Waals surface area (Å²) in [7, 11) is 5.62. The second kappa shape index (κ2) is 10.0. The zero-order chi connectivity index (χ0) is 12.4. The SMILES string of the molecule is CCCNCC(COC)N(C)C(C)COC. The molecule has 0 rings (SSSR count). The van der Waals surface area contributed by atoms with Gasteiger partial charge in [0.05, 0.1) is 13.2 Å². The number of ether oxygens (including phenoxy) is 2. The Balaban J connectivity index is 4.05. The van der Waals surface area contributed by atoms with E-state index in [0.717, 1.165) is 32.7 Å². The number of methoxy groups -OCH3 is 2. The maximum absolute atomic E-state index is 5.26. The predicted octanol–water partition coefficient (Wildman–Crippen LogP) is 0.968. The van der Waals surface area contributed by atoms with Crippen LogP contribution in [0.5, 0.6) is 0 Å². The van der Waals surface area contributed by atoms with Crippen molar-refractivity contribution in [2.75, 3.05) is 47.6 Å². The standard InChI is InChI=1S/C12H28N2O2/c1-6-7-13-8-12(10-16-5)14(3)11(2)9-15-4/h11-13H,6-10H2,1-5H3. The quantitative estimate of drug-likeness (QED) is 0.569. The average molecular weight is 232 g/mol. The Hall–Kier alpha value is -0.160. The van der Waals surface area contributed by atoms with Crippen LogP contribution in [0.15, 0.2) is 0 Å². The Kier molecular flexibility index (Phi) is 9.92. The fourth-order valence-corrected chi connectivity index (χ4v) is 1.68. The van der Waals surface area contributed by atoms with Gasteiger partial charge < -0.3 is 14.8 Å². The fourth-order valence-electron chi connectivity index (χ4n) is 1.68. The van der Waals surface area contributed by atoms with E-state index in [1.807, 2.05) is 0 Å². The van der Waals surface area contributed by atoms with Crippen molar-refractivity contribution in [2.45, 2.75) is 32.4 Å². The Bertz CT molecular complexity index is 156. The molecule has 16 heavy (non-hydrogen) atoms. The lowest BCUT2D eigenvalue weighted by Crippen LogP contribution is -2.48. The molecule has 2 unspecified atom stereocenters. The first kappa shape index (κ1) is 15.8. The number of hydrogen-bond donors (Lipinski definition) is 1. The molecule has 0 spiro atoms. The topological polar surface area (TPSA) is 33.7 Å². The maximum Gasteiger partial charge on any atom is 0.0630 e. The summed E-state index contributed by atoms with van der Waals surface area (Å²) in [5.41, 5.74) is 0. The van der Waals surface area contributed by atoms with E-state index >= 15 is 0 Å². The summed E-state index contributed by atoms with van der Waals surface area (Å²) in [5, 5.41) is 3.44. The number of likely N-dealkylation sites (N-methyl/N-ethyl adjacent to an activating group) is 1. The smallest absolute Gasteiger partial charge is 0.0630 e. The van der Waals surface area contributed by atoms with Crippen LogP contribution in [0, 0.1) is 0 Å². The van der Waals surface area contributed by atoms with E-state index in [1.54, 1.807) is 14.2 Å². The third-order valence-corrected chi connectivity index (χ3v) is 2.84. The van der Waals surface area contributed by atoms with Crippen LogP contribution < -0.4 is 5.32 Å². The van der Waals surface area contributed by atoms with Crippen molar-refractivity contribution in [3.63, 3.8) is 0 Å². The highest BCUT2D eigenvalue weighted by molar-refractivity contribution is 4.75. The van der Waals surface area contributed by atoms with E-state index in [1.165, 1.54) is 0 Å². The summed E-state index contributed by atoms with van der Waals surface area (Å²) in [6.07, 6.45) is 1.16. The monoisotopic (exact) mass is 232 g/mol. The second-order valence-electron chi connectivity index (χ2n) is 4.28. The van der Waals surface area contributed by atoms with Gasteiger partial charge in [0, 0.05) is 32.8 Å². The van der Waals surface area contributed by atoms with Crippen molar-refractivity contribution in [1.29, 1.82) is 0 Å². The lowest BCUT2D eigenvalue weighted by molar-refractivity contribution is 0.0501. The molecule has 0 aliphatic carbocycles. The van der Waals surface area contributed by atoms with Gasteiger partial charge in [-0.05, 0) is 26.9 Å². The van der Waals surface area contributed by atoms with E-state index in [9.17, 15) is 0 Å². The zero-order valence-electron chi connectivity index (χ0n) is 11.5. The molecular formula is C12H28N2O2. The maximum atomic E-state index is 5.26. The molecule has 0 amide bonds. The molecule has 0 bridgehead atoms. The van der Waals surface area contributed by atoms with Crippen LogP contribution in [0.25, 0.3) is 0 Å². The summed E-state index contributed by atoms with van der Waals surface area (Å²) >= 11 is 0. The molecule has 0 saturated carbocycles. The summed E-state index contributed by atoms with van der Waals surface area (Å²) < 4.78 is 10.4. The molecule has 0 aromatic rings. The molecule has 2 atom stereocenters. The van der Waals surface area contributed by atoms with Crippen molar-refractivity contribution in [3.05, 3.63) is 0 Å². The van der Waals surface area contributed by atoms with Gasteiger partial charge >= 0.3 is 0 Å². The third-order valence-electron chi connectivity index (χ3n) is 2.84. The Morgan fingerprint density at radius 1 is 1.19 bits per heavy atom.